The van der Waals surface area contributed by atoms with E-state index in [9.17, 15) is 9.59 Å². The van der Waals surface area contributed by atoms with Gasteiger partial charge in [-0.05, 0) is 12.8 Å². The molecule has 0 atom stereocenters. The zero-order valence-electron chi connectivity index (χ0n) is 11.3. The Bertz CT molecular complexity index is 452. The van der Waals surface area contributed by atoms with E-state index < -0.39 is 11.5 Å². The van der Waals surface area contributed by atoms with E-state index in [1.54, 1.807) is 12.5 Å². The third-order valence-corrected chi connectivity index (χ3v) is 3.64. The van der Waals surface area contributed by atoms with Crippen LogP contribution in [0.2, 0.25) is 0 Å². The topological polar surface area (TPSA) is 96.3 Å². The van der Waals surface area contributed by atoms with Gasteiger partial charge >= 0.3 is 12.0 Å². The number of carbonyl (C=O) groups is 2. The molecule has 0 radical (unpaired) electrons. The fourth-order valence-corrected chi connectivity index (χ4v) is 2.69. The van der Waals surface area contributed by atoms with Crippen LogP contribution in [0.1, 0.15) is 32.1 Å². The molecule has 0 bridgehead atoms. The van der Waals surface area contributed by atoms with Gasteiger partial charge in [-0.3, -0.25) is 4.79 Å². The smallest absolute Gasteiger partial charge is 0.315 e. The third-order valence-electron chi connectivity index (χ3n) is 3.64. The number of carboxylic acid groups (broad SMARTS) is 1. The fraction of sp³-hybridized carbons (Fsp3) is 0.615. The van der Waals surface area contributed by atoms with Crippen LogP contribution in [0.5, 0.6) is 0 Å². The summed E-state index contributed by atoms with van der Waals surface area (Å²) in [4.78, 5) is 26.7. The maximum Gasteiger partial charge on any atom is 0.315 e. The van der Waals surface area contributed by atoms with Gasteiger partial charge < -0.3 is 20.3 Å². The van der Waals surface area contributed by atoms with Crippen molar-refractivity contribution >= 4 is 12.0 Å². The monoisotopic (exact) mass is 280 g/mol. The summed E-state index contributed by atoms with van der Waals surface area (Å²) in [6.45, 7) is 1.12. The summed E-state index contributed by atoms with van der Waals surface area (Å²) in [5.41, 5.74) is -0.578. The number of amides is 2. The minimum atomic E-state index is -0.870. The highest BCUT2D eigenvalue weighted by atomic mass is 16.4. The lowest BCUT2D eigenvalue weighted by Gasteiger charge is -2.28. The van der Waals surface area contributed by atoms with Gasteiger partial charge in [0.05, 0.1) is 18.3 Å². The number of carboxylic acids is 1. The molecule has 1 aromatic heterocycles. The number of urea groups is 1. The Kier molecular flexibility index (Phi) is 4.60. The van der Waals surface area contributed by atoms with Crippen LogP contribution < -0.4 is 10.6 Å². The molecule has 0 saturated heterocycles. The molecule has 0 spiro atoms. The molecule has 7 heteroatoms. The first-order valence-electron chi connectivity index (χ1n) is 6.83. The molecule has 0 aromatic carbocycles. The molecule has 7 nitrogen and oxygen atoms in total. The number of hydrogen-bond donors (Lipinski definition) is 3. The van der Waals surface area contributed by atoms with Crippen LogP contribution in [0.25, 0.3) is 0 Å². The maximum atomic E-state index is 11.9. The van der Waals surface area contributed by atoms with Gasteiger partial charge in [-0.15, -0.1) is 0 Å². The zero-order valence-corrected chi connectivity index (χ0v) is 11.3. The van der Waals surface area contributed by atoms with Gasteiger partial charge in [0, 0.05) is 25.5 Å². The number of aromatic nitrogens is 2. The van der Waals surface area contributed by atoms with E-state index in [0.29, 0.717) is 13.1 Å². The summed E-state index contributed by atoms with van der Waals surface area (Å²) in [6.07, 6.45) is 8.56. The van der Waals surface area contributed by atoms with Crippen molar-refractivity contribution in [3.05, 3.63) is 18.7 Å². The summed E-state index contributed by atoms with van der Waals surface area (Å²) in [5.74, 6) is -0.870. The highest BCUT2D eigenvalue weighted by Crippen LogP contribution is 2.32. The van der Waals surface area contributed by atoms with Gasteiger partial charge in [0.2, 0.25) is 0 Å². The molecule has 1 saturated carbocycles. The van der Waals surface area contributed by atoms with E-state index in [2.05, 4.69) is 15.6 Å². The number of hydrogen-bond acceptors (Lipinski definition) is 3. The van der Waals surface area contributed by atoms with Crippen LogP contribution in [-0.2, 0) is 11.3 Å². The second kappa shape index (κ2) is 6.40. The first-order valence-corrected chi connectivity index (χ1v) is 6.83. The minimum absolute atomic E-state index is 0.0120. The number of rotatable bonds is 6. The standard InChI is InChI=1S/C13H20N4O3/c18-11(19)9-13(3-1-2-4-13)16-12(20)15-6-8-17-7-5-14-10-17/h5,7,10H,1-4,6,8-9H2,(H,18,19)(H2,15,16,20). The summed E-state index contributed by atoms with van der Waals surface area (Å²) in [6, 6.07) is -0.298. The van der Waals surface area contributed by atoms with E-state index in [0.717, 1.165) is 25.7 Å². The van der Waals surface area contributed by atoms with Crippen LogP contribution in [-0.4, -0.2) is 38.7 Å². The van der Waals surface area contributed by atoms with Crippen molar-refractivity contribution in [2.75, 3.05) is 6.54 Å². The quantitative estimate of drug-likeness (QED) is 0.723. The highest BCUT2D eigenvalue weighted by Gasteiger charge is 2.37. The van der Waals surface area contributed by atoms with Crippen LogP contribution >= 0.6 is 0 Å². The lowest BCUT2D eigenvalue weighted by Crippen LogP contribution is -2.52. The molecule has 2 rings (SSSR count). The molecule has 1 aromatic rings. The van der Waals surface area contributed by atoms with Crippen molar-refractivity contribution in [2.24, 2.45) is 0 Å². The van der Waals surface area contributed by atoms with Crippen molar-refractivity contribution in [1.29, 1.82) is 0 Å². The van der Waals surface area contributed by atoms with E-state index >= 15 is 0 Å². The largest absolute Gasteiger partial charge is 0.481 e. The predicted molar refractivity (Wildman–Crippen MR) is 72.2 cm³/mol. The lowest BCUT2D eigenvalue weighted by atomic mass is 9.93. The van der Waals surface area contributed by atoms with Gasteiger partial charge in [0.1, 0.15) is 0 Å². The Hall–Kier alpha value is -2.05. The molecule has 110 valence electrons. The van der Waals surface area contributed by atoms with Crippen LogP contribution in [0.3, 0.4) is 0 Å². The Morgan fingerprint density at radius 1 is 1.35 bits per heavy atom. The molecule has 0 unspecified atom stereocenters. The van der Waals surface area contributed by atoms with Gasteiger partial charge in [0.15, 0.2) is 0 Å². The number of aliphatic carboxylic acids is 1. The Morgan fingerprint density at radius 2 is 2.10 bits per heavy atom. The van der Waals surface area contributed by atoms with Crippen LogP contribution in [0.15, 0.2) is 18.7 Å². The molecule has 1 aliphatic rings. The van der Waals surface area contributed by atoms with Gasteiger partial charge in [-0.1, -0.05) is 12.8 Å². The van der Waals surface area contributed by atoms with Crippen molar-refractivity contribution in [3.8, 4) is 0 Å². The summed E-state index contributed by atoms with van der Waals surface area (Å²) >= 11 is 0. The van der Waals surface area contributed by atoms with Crippen LogP contribution in [0.4, 0.5) is 4.79 Å². The fourth-order valence-electron chi connectivity index (χ4n) is 2.69. The molecule has 3 N–H and O–H groups in total. The number of carbonyl (C=O) groups excluding carboxylic acids is 1. The number of nitrogens with one attached hydrogen (secondary N) is 2. The SMILES string of the molecule is O=C(O)CC1(NC(=O)NCCn2ccnc2)CCCC1. The second-order valence-electron chi connectivity index (χ2n) is 5.24. The first kappa shape index (κ1) is 14.4. The van der Waals surface area contributed by atoms with E-state index in [4.69, 9.17) is 5.11 Å². The lowest BCUT2D eigenvalue weighted by molar-refractivity contribution is -0.138. The molecular formula is C13H20N4O3. The van der Waals surface area contributed by atoms with E-state index in [1.165, 1.54) is 0 Å². The predicted octanol–water partition coefficient (Wildman–Crippen LogP) is 0.970. The van der Waals surface area contributed by atoms with Gasteiger partial charge in [-0.2, -0.15) is 0 Å². The third kappa shape index (κ3) is 3.97. The molecule has 0 aliphatic heterocycles. The summed E-state index contributed by atoms with van der Waals surface area (Å²) in [7, 11) is 0. The van der Waals surface area contributed by atoms with Gasteiger partial charge in [-0.25, -0.2) is 9.78 Å². The van der Waals surface area contributed by atoms with Crippen LogP contribution in [0, 0.1) is 0 Å². The second-order valence-corrected chi connectivity index (χ2v) is 5.24. The summed E-state index contributed by atoms with van der Waals surface area (Å²) < 4.78 is 1.86. The zero-order chi connectivity index (χ0) is 14.4. The molecule has 1 heterocycles. The van der Waals surface area contributed by atoms with Gasteiger partial charge in [0.25, 0.3) is 0 Å². The molecule has 1 aliphatic carbocycles. The Morgan fingerprint density at radius 3 is 2.70 bits per heavy atom. The van der Waals surface area contributed by atoms with E-state index in [-0.39, 0.29) is 12.5 Å². The normalized spacial score (nSPS) is 16.8. The van der Waals surface area contributed by atoms with Crippen molar-refractivity contribution < 1.29 is 14.7 Å². The molecule has 20 heavy (non-hydrogen) atoms. The Labute approximate surface area is 117 Å². The van der Waals surface area contributed by atoms with Crippen molar-refractivity contribution in [2.45, 2.75) is 44.2 Å². The minimum Gasteiger partial charge on any atom is -0.481 e. The van der Waals surface area contributed by atoms with Crippen molar-refractivity contribution in [3.63, 3.8) is 0 Å². The molecule has 2 amide bonds. The average Bonchev–Trinajstić information content (AvgIpc) is 3.00. The Balaban J connectivity index is 1.78. The molecular weight excluding hydrogens is 260 g/mol. The maximum absolute atomic E-state index is 11.9. The number of nitrogens with zero attached hydrogens (tertiary/aromatic N) is 2. The summed E-state index contributed by atoms with van der Waals surface area (Å²) in [5, 5.41) is 14.6. The number of imidazole rings is 1. The van der Waals surface area contributed by atoms with Crippen molar-refractivity contribution in [1.82, 2.24) is 20.2 Å². The highest BCUT2D eigenvalue weighted by molar-refractivity contribution is 5.76. The van der Waals surface area contributed by atoms with E-state index in [1.807, 2.05) is 10.8 Å². The average molecular weight is 280 g/mol. The first-order chi connectivity index (χ1) is 9.60. The molecule has 1 fully saturated rings.